The highest BCUT2D eigenvalue weighted by Gasteiger charge is 2.13. The molecule has 0 saturated carbocycles. The topological polar surface area (TPSA) is 51.0 Å². The predicted molar refractivity (Wildman–Crippen MR) is 70.2 cm³/mol. The highest BCUT2D eigenvalue weighted by Crippen LogP contribution is 2.26. The zero-order chi connectivity index (χ0) is 12.4. The predicted octanol–water partition coefficient (Wildman–Crippen LogP) is 3.97. The first-order valence-electron chi connectivity index (χ1n) is 5.06. The van der Waals surface area contributed by atoms with Crippen molar-refractivity contribution >= 4 is 33.3 Å². The van der Waals surface area contributed by atoms with Gasteiger partial charge in [0.15, 0.2) is 0 Å². The van der Waals surface area contributed by atoms with Gasteiger partial charge in [0, 0.05) is 6.20 Å². The maximum absolute atomic E-state index is 5.82. The molecule has 2 aromatic rings. The lowest BCUT2D eigenvalue weighted by Crippen LogP contribution is -2.08. The van der Waals surface area contributed by atoms with E-state index in [1.54, 1.807) is 18.5 Å². The minimum absolute atomic E-state index is 0.0614. The molecular formula is C11H11BrClN3O. The van der Waals surface area contributed by atoms with Gasteiger partial charge in [-0.1, -0.05) is 11.6 Å². The van der Waals surface area contributed by atoms with Crippen molar-refractivity contribution in [2.75, 3.05) is 5.32 Å². The Kier molecular flexibility index (Phi) is 3.69. The zero-order valence-electron chi connectivity index (χ0n) is 9.37. The molecule has 0 fully saturated rings. The normalized spacial score (nSPS) is 12.5. The Hall–Kier alpha value is -1.07. The van der Waals surface area contributed by atoms with Crippen LogP contribution >= 0.6 is 27.5 Å². The Labute approximate surface area is 113 Å². The first-order valence-corrected chi connectivity index (χ1v) is 6.23. The molecule has 0 spiro atoms. The standard InChI is InChI=1S/C11H11BrClN3O/c1-6-4-15-11(17-6)7(2)16-10-9(12)3-8(13)5-14-10/h3-5,7H,1-2H3,(H,14,16). The summed E-state index contributed by atoms with van der Waals surface area (Å²) in [6, 6.07) is 1.72. The molecular weight excluding hydrogens is 305 g/mol. The third kappa shape index (κ3) is 2.98. The average molecular weight is 317 g/mol. The molecule has 0 radical (unpaired) electrons. The third-order valence-electron chi connectivity index (χ3n) is 2.17. The molecule has 0 aliphatic rings. The number of aryl methyl sites for hydroxylation is 1. The molecule has 90 valence electrons. The summed E-state index contributed by atoms with van der Waals surface area (Å²) in [7, 11) is 0. The van der Waals surface area contributed by atoms with Gasteiger partial charge in [0.25, 0.3) is 0 Å². The molecule has 6 heteroatoms. The Morgan fingerprint density at radius 2 is 2.18 bits per heavy atom. The van der Waals surface area contributed by atoms with E-state index in [1.165, 1.54) is 0 Å². The van der Waals surface area contributed by atoms with Crippen LogP contribution in [-0.2, 0) is 0 Å². The molecule has 4 nitrogen and oxygen atoms in total. The zero-order valence-corrected chi connectivity index (χ0v) is 11.7. The van der Waals surface area contributed by atoms with Crippen LogP contribution in [0.4, 0.5) is 5.82 Å². The van der Waals surface area contributed by atoms with Gasteiger partial charge >= 0.3 is 0 Å². The van der Waals surface area contributed by atoms with Crippen LogP contribution in [0.25, 0.3) is 0 Å². The van der Waals surface area contributed by atoms with Crippen molar-refractivity contribution in [2.24, 2.45) is 0 Å². The van der Waals surface area contributed by atoms with E-state index >= 15 is 0 Å². The summed E-state index contributed by atoms with van der Waals surface area (Å²) in [6.45, 7) is 3.81. The summed E-state index contributed by atoms with van der Waals surface area (Å²) in [6.07, 6.45) is 3.28. The van der Waals surface area contributed by atoms with E-state index in [1.807, 2.05) is 13.8 Å². The SMILES string of the molecule is Cc1cnc(C(C)Nc2ncc(Cl)cc2Br)o1. The second-order valence-electron chi connectivity index (χ2n) is 3.66. The second-order valence-corrected chi connectivity index (χ2v) is 4.95. The number of aromatic nitrogens is 2. The van der Waals surface area contributed by atoms with E-state index < -0.39 is 0 Å². The van der Waals surface area contributed by atoms with Crippen molar-refractivity contribution in [1.29, 1.82) is 0 Å². The summed E-state index contributed by atoms with van der Waals surface area (Å²) in [5, 5.41) is 3.78. The summed E-state index contributed by atoms with van der Waals surface area (Å²) < 4.78 is 6.24. The molecule has 2 heterocycles. The Morgan fingerprint density at radius 3 is 2.76 bits per heavy atom. The largest absolute Gasteiger partial charge is 0.444 e. The molecule has 2 rings (SSSR count). The van der Waals surface area contributed by atoms with Crippen molar-refractivity contribution < 1.29 is 4.42 Å². The molecule has 0 amide bonds. The van der Waals surface area contributed by atoms with E-state index in [0.29, 0.717) is 16.7 Å². The summed E-state index contributed by atoms with van der Waals surface area (Å²) >= 11 is 9.22. The van der Waals surface area contributed by atoms with Crippen LogP contribution in [-0.4, -0.2) is 9.97 Å². The van der Waals surface area contributed by atoms with Crippen molar-refractivity contribution in [3.05, 3.63) is 39.6 Å². The van der Waals surface area contributed by atoms with Gasteiger partial charge in [0.1, 0.15) is 17.6 Å². The van der Waals surface area contributed by atoms with Gasteiger partial charge < -0.3 is 9.73 Å². The van der Waals surface area contributed by atoms with Gasteiger partial charge in [0.05, 0.1) is 15.7 Å². The van der Waals surface area contributed by atoms with Crippen molar-refractivity contribution in [1.82, 2.24) is 9.97 Å². The van der Waals surface area contributed by atoms with Crippen molar-refractivity contribution in [2.45, 2.75) is 19.9 Å². The fourth-order valence-corrected chi connectivity index (χ4v) is 2.11. The summed E-state index contributed by atoms with van der Waals surface area (Å²) in [5.41, 5.74) is 0. The number of hydrogen-bond donors (Lipinski definition) is 1. The van der Waals surface area contributed by atoms with Crippen molar-refractivity contribution in [3.63, 3.8) is 0 Å². The first kappa shape index (κ1) is 12.4. The first-order chi connectivity index (χ1) is 8.06. The molecule has 0 saturated heterocycles. The lowest BCUT2D eigenvalue weighted by atomic mass is 10.3. The summed E-state index contributed by atoms with van der Waals surface area (Å²) in [4.78, 5) is 8.35. The van der Waals surface area contributed by atoms with Gasteiger partial charge in [-0.3, -0.25) is 0 Å². The maximum Gasteiger partial charge on any atom is 0.216 e. The molecule has 0 aliphatic carbocycles. The van der Waals surface area contributed by atoms with E-state index in [0.717, 1.165) is 10.2 Å². The highest BCUT2D eigenvalue weighted by atomic mass is 79.9. The number of nitrogens with zero attached hydrogens (tertiary/aromatic N) is 2. The monoisotopic (exact) mass is 315 g/mol. The molecule has 2 aromatic heterocycles. The van der Waals surface area contributed by atoms with Gasteiger partial charge in [-0.25, -0.2) is 9.97 Å². The van der Waals surface area contributed by atoms with Gasteiger partial charge in [0.2, 0.25) is 5.89 Å². The Bertz CT molecular complexity index is 529. The quantitative estimate of drug-likeness (QED) is 0.931. The molecule has 1 atom stereocenters. The van der Waals surface area contributed by atoms with Crippen LogP contribution in [0.5, 0.6) is 0 Å². The van der Waals surface area contributed by atoms with E-state index in [2.05, 4.69) is 31.2 Å². The second kappa shape index (κ2) is 5.06. The average Bonchev–Trinajstić information content (AvgIpc) is 2.69. The van der Waals surface area contributed by atoms with Crippen LogP contribution in [0.3, 0.4) is 0 Å². The molecule has 1 unspecified atom stereocenters. The Morgan fingerprint density at radius 1 is 1.41 bits per heavy atom. The number of pyridine rings is 1. The van der Waals surface area contributed by atoms with E-state index in [9.17, 15) is 0 Å². The smallest absolute Gasteiger partial charge is 0.216 e. The molecule has 1 N–H and O–H groups in total. The number of hydrogen-bond acceptors (Lipinski definition) is 4. The van der Waals surface area contributed by atoms with E-state index in [-0.39, 0.29) is 6.04 Å². The van der Waals surface area contributed by atoms with Crippen molar-refractivity contribution in [3.8, 4) is 0 Å². The minimum atomic E-state index is -0.0614. The highest BCUT2D eigenvalue weighted by molar-refractivity contribution is 9.10. The Balaban J connectivity index is 2.15. The van der Waals surface area contributed by atoms with Crippen LogP contribution < -0.4 is 5.32 Å². The number of anilines is 1. The number of halogens is 2. The van der Waals surface area contributed by atoms with Crippen LogP contribution in [0.1, 0.15) is 24.6 Å². The van der Waals surface area contributed by atoms with Crippen LogP contribution in [0, 0.1) is 6.92 Å². The molecule has 0 aromatic carbocycles. The number of nitrogens with one attached hydrogen (secondary N) is 1. The molecule has 0 aliphatic heterocycles. The minimum Gasteiger partial charge on any atom is -0.444 e. The van der Waals surface area contributed by atoms with Crippen LogP contribution in [0.15, 0.2) is 27.3 Å². The maximum atomic E-state index is 5.82. The van der Waals surface area contributed by atoms with Crippen LogP contribution in [0.2, 0.25) is 5.02 Å². The fourth-order valence-electron chi connectivity index (χ4n) is 1.36. The number of rotatable bonds is 3. The molecule has 0 bridgehead atoms. The van der Waals surface area contributed by atoms with Gasteiger partial charge in [-0.15, -0.1) is 0 Å². The van der Waals surface area contributed by atoms with Gasteiger partial charge in [-0.05, 0) is 35.8 Å². The van der Waals surface area contributed by atoms with Gasteiger partial charge in [-0.2, -0.15) is 0 Å². The lowest BCUT2D eigenvalue weighted by molar-refractivity contribution is 0.453. The summed E-state index contributed by atoms with van der Waals surface area (Å²) in [5.74, 6) is 2.13. The molecule has 17 heavy (non-hydrogen) atoms. The van der Waals surface area contributed by atoms with E-state index in [4.69, 9.17) is 16.0 Å². The number of oxazole rings is 1. The fraction of sp³-hybridized carbons (Fsp3) is 0.273. The third-order valence-corrected chi connectivity index (χ3v) is 2.98. The lowest BCUT2D eigenvalue weighted by Gasteiger charge is -2.12.